The lowest BCUT2D eigenvalue weighted by Gasteiger charge is -2.32. The van der Waals surface area contributed by atoms with Crippen LogP contribution in [0.1, 0.15) is 30.5 Å². The van der Waals surface area contributed by atoms with Crippen molar-refractivity contribution in [3.05, 3.63) is 93.5 Å². The van der Waals surface area contributed by atoms with Crippen LogP contribution in [0.25, 0.3) is 0 Å². The SMILES string of the molecule is CCNC(=O)[C@H](C)N(Cc1ccccc1Cl)C(=O)CN(c1ccc(Cl)cc1C)S(=O)(=O)c1ccc(C)cc1. The van der Waals surface area contributed by atoms with E-state index in [0.29, 0.717) is 33.4 Å². The summed E-state index contributed by atoms with van der Waals surface area (Å²) in [7, 11) is -4.16. The van der Waals surface area contributed by atoms with Gasteiger partial charge in [-0.3, -0.25) is 13.9 Å². The number of likely N-dealkylation sites (N-methyl/N-ethyl adjacent to an activating group) is 1. The summed E-state index contributed by atoms with van der Waals surface area (Å²) >= 11 is 12.5. The van der Waals surface area contributed by atoms with Crippen molar-refractivity contribution in [2.45, 2.75) is 45.2 Å². The highest BCUT2D eigenvalue weighted by atomic mass is 35.5. The molecule has 0 fully saturated rings. The Hall–Kier alpha value is -3.07. The van der Waals surface area contributed by atoms with Gasteiger partial charge in [0, 0.05) is 23.1 Å². The van der Waals surface area contributed by atoms with Gasteiger partial charge in [0.15, 0.2) is 0 Å². The zero-order valence-corrected chi connectivity index (χ0v) is 24.1. The summed E-state index contributed by atoms with van der Waals surface area (Å²) in [6, 6.07) is 17.3. The molecule has 1 atom stereocenters. The molecular formula is C28H31Cl2N3O4S. The monoisotopic (exact) mass is 575 g/mol. The minimum atomic E-state index is -4.16. The molecule has 0 saturated heterocycles. The van der Waals surface area contributed by atoms with E-state index >= 15 is 0 Å². The van der Waals surface area contributed by atoms with Gasteiger partial charge in [-0.1, -0.05) is 59.1 Å². The maximum atomic E-state index is 13.9. The predicted molar refractivity (Wildman–Crippen MR) is 152 cm³/mol. The molecule has 1 N–H and O–H groups in total. The first kappa shape index (κ1) is 29.5. The van der Waals surface area contributed by atoms with Gasteiger partial charge in [-0.2, -0.15) is 0 Å². The number of amides is 2. The fourth-order valence-corrected chi connectivity index (χ4v) is 5.87. The van der Waals surface area contributed by atoms with Gasteiger partial charge >= 0.3 is 0 Å². The van der Waals surface area contributed by atoms with Crippen LogP contribution in [0.15, 0.2) is 71.6 Å². The number of carbonyl (C=O) groups excluding carboxylic acids is 2. The van der Waals surface area contributed by atoms with Crippen molar-refractivity contribution in [2.75, 3.05) is 17.4 Å². The van der Waals surface area contributed by atoms with E-state index in [9.17, 15) is 18.0 Å². The first-order valence-electron chi connectivity index (χ1n) is 12.1. The summed E-state index contributed by atoms with van der Waals surface area (Å²) in [5.41, 5.74) is 2.42. The molecule has 7 nitrogen and oxygen atoms in total. The summed E-state index contributed by atoms with van der Waals surface area (Å²) in [6.07, 6.45) is 0. The number of sulfonamides is 1. The molecule has 202 valence electrons. The van der Waals surface area contributed by atoms with Crippen LogP contribution in [-0.2, 0) is 26.2 Å². The van der Waals surface area contributed by atoms with Gasteiger partial charge in [0.1, 0.15) is 12.6 Å². The molecule has 3 aromatic rings. The number of carbonyl (C=O) groups is 2. The van der Waals surface area contributed by atoms with Gasteiger partial charge in [-0.05, 0) is 75.2 Å². The van der Waals surface area contributed by atoms with Crippen LogP contribution in [-0.4, -0.2) is 44.3 Å². The van der Waals surface area contributed by atoms with E-state index in [1.54, 1.807) is 75.4 Å². The molecule has 0 aromatic heterocycles. The number of halogens is 2. The summed E-state index contributed by atoms with van der Waals surface area (Å²) < 4.78 is 28.8. The maximum absolute atomic E-state index is 13.9. The van der Waals surface area contributed by atoms with Crippen LogP contribution in [0.4, 0.5) is 5.69 Å². The Kier molecular flexibility index (Phi) is 9.82. The van der Waals surface area contributed by atoms with Crippen LogP contribution in [0.2, 0.25) is 10.0 Å². The van der Waals surface area contributed by atoms with Crippen molar-refractivity contribution in [3.63, 3.8) is 0 Å². The molecule has 0 saturated carbocycles. The molecule has 10 heteroatoms. The zero-order valence-electron chi connectivity index (χ0n) is 21.7. The van der Waals surface area contributed by atoms with E-state index in [0.717, 1.165) is 9.87 Å². The molecule has 38 heavy (non-hydrogen) atoms. The van der Waals surface area contributed by atoms with Crippen LogP contribution < -0.4 is 9.62 Å². The summed E-state index contributed by atoms with van der Waals surface area (Å²) in [4.78, 5) is 28.0. The Morgan fingerprint density at radius 3 is 2.24 bits per heavy atom. The lowest BCUT2D eigenvalue weighted by molar-refractivity contribution is -0.139. The minimum Gasteiger partial charge on any atom is -0.355 e. The molecule has 0 bridgehead atoms. The number of hydrogen-bond acceptors (Lipinski definition) is 4. The summed E-state index contributed by atoms with van der Waals surface area (Å²) in [6.45, 7) is 6.84. The standard InChI is InChI=1S/C28H31Cl2N3O4S/c1-5-31-28(35)21(4)32(17-22-8-6-7-9-25(22)30)27(34)18-33(26-15-12-23(29)16-20(26)3)38(36,37)24-13-10-19(2)11-14-24/h6-16,21H,5,17-18H2,1-4H3,(H,31,35)/t21-/m0/s1. The first-order chi connectivity index (χ1) is 17.9. The van der Waals surface area contributed by atoms with E-state index in [4.69, 9.17) is 23.2 Å². The number of nitrogens with zero attached hydrogens (tertiary/aromatic N) is 2. The number of nitrogens with one attached hydrogen (secondary N) is 1. The molecule has 2 amide bonds. The normalized spacial score (nSPS) is 12.1. The Morgan fingerprint density at radius 2 is 1.63 bits per heavy atom. The van der Waals surface area contributed by atoms with Crippen molar-refractivity contribution in [1.29, 1.82) is 0 Å². The number of benzene rings is 3. The van der Waals surface area contributed by atoms with E-state index < -0.39 is 28.5 Å². The Labute approximate surface area is 234 Å². The average Bonchev–Trinajstić information content (AvgIpc) is 2.87. The highest BCUT2D eigenvalue weighted by Gasteiger charge is 2.33. The number of rotatable bonds is 10. The van der Waals surface area contributed by atoms with Gasteiger partial charge < -0.3 is 10.2 Å². The van der Waals surface area contributed by atoms with Crippen LogP contribution >= 0.6 is 23.2 Å². The molecule has 0 unspecified atom stereocenters. The van der Waals surface area contributed by atoms with Crippen LogP contribution in [0.5, 0.6) is 0 Å². The van der Waals surface area contributed by atoms with Gasteiger partial charge in [-0.15, -0.1) is 0 Å². The summed E-state index contributed by atoms with van der Waals surface area (Å²) in [5.74, 6) is -0.919. The quantitative estimate of drug-likeness (QED) is 0.352. The van der Waals surface area contributed by atoms with E-state index in [1.165, 1.54) is 17.0 Å². The van der Waals surface area contributed by atoms with E-state index in [1.807, 2.05) is 6.92 Å². The third-order valence-electron chi connectivity index (χ3n) is 6.13. The highest BCUT2D eigenvalue weighted by Crippen LogP contribution is 2.30. The molecule has 0 radical (unpaired) electrons. The second-order valence-electron chi connectivity index (χ2n) is 8.94. The van der Waals surface area contributed by atoms with Gasteiger partial charge in [0.25, 0.3) is 10.0 Å². The van der Waals surface area contributed by atoms with E-state index in [2.05, 4.69) is 5.32 Å². The molecule has 0 aliphatic carbocycles. The van der Waals surface area contributed by atoms with Gasteiger partial charge in [0.05, 0.1) is 10.6 Å². The van der Waals surface area contributed by atoms with E-state index in [-0.39, 0.29) is 17.3 Å². The zero-order chi connectivity index (χ0) is 28.0. The molecular weight excluding hydrogens is 545 g/mol. The molecule has 3 aromatic carbocycles. The van der Waals surface area contributed by atoms with Gasteiger partial charge in [0.2, 0.25) is 11.8 Å². The Balaban J connectivity index is 2.08. The van der Waals surface area contributed by atoms with Crippen LogP contribution in [0, 0.1) is 13.8 Å². The largest absolute Gasteiger partial charge is 0.355 e. The lowest BCUT2D eigenvalue weighted by atomic mass is 10.1. The maximum Gasteiger partial charge on any atom is 0.264 e. The van der Waals surface area contributed by atoms with Crippen molar-refractivity contribution >= 4 is 50.7 Å². The Morgan fingerprint density at radius 1 is 0.974 bits per heavy atom. The smallest absolute Gasteiger partial charge is 0.264 e. The molecule has 3 rings (SSSR count). The van der Waals surface area contributed by atoms with Crippen molar-refractivity contribution in [3.8, 4) is 0 Å². The predicted octanol–water partition coefficient (Wildman–Crippen LogP) is 5.36. The third-order valence-corrected chi connectivity index (χ3v) is 8.51. The van der Waals surface area contributed by atoms with Crippen molar-refractivity contribution in [2.24, 2.45) is 0 Å². The number of anilines is 1. The van der Waals surface area contributed by atoms with Crippen molar-refractivity contribution < 1.29 is 18.0 Å². The highest BCUT2D eigenvalue weighted by molar-refractivity contribution is 7.92. The number of hydrogen-bond donors (Lipinski definition) is 1. The van der Waals surface area contributed by atoms with Crippen molar-refractivity contribution in [1.82, 2.24) is 10.2 Å². The third kappa shape index (κ3) is 6.87. The minimum absolute atomic E-state index is 0.0226. The Bertz CT molecular complexity index is 1410. The fraction of sp³-hybridized carbons (Fsp3) is 0.286. The molecule has 0 spiro atoms. The fourth-order valence-electron chi connectivity index (χ4n) is 3.96. The van der Waals surface area contributed by atoms with Crippen LogP contribution in [0.3, 0.4) is 0 Å². The molecule has 0 aliphatic heterocycles. The average molecular weight is 577 g/mol. The van der Waals surface area contributed by atoms with Gasteiger partial charge in [-0.25, -0.2) is 8.42 Å². The summed E-state index contributed by atoms with van der Waals surface area (Å²) in [5, 5.41) is 3.61. The molecule has 0 aliphatic rings. The molecule has 0 heterocycles. The second-order valence-corrected chi connectivity index (χ2v) is 11.6. The second kappa shape index (κ2) is 12.7. The number of aryl methyl sites for hydroxylation is 2. The topological polar surface area (TPSA) is 86.8 Å². The first-order valence-corrected chi connectivity index (χ1v) is 14.3. The lowest BCUT2D eigenvalue weighted by Crippen LogP contribution is -2.51.